The number of carbonyl (C=O) groups excluding carboxylic acids is 1. The molecule has 1 aromatic carbocycles. The van der Waals surface area contributed by atoms with Crippen LogP contribution < -0.4 is 0 Å². The van der Waals surface area contributed by atoms with Crippen molar-refractivity contribution in [3.05, 3.63) is 35.9 Å². The lowest BCUT2D eigenvalue weighted by atomic mass is 10.2. The zero-order valence-corrected chi connectivity index (χ0v) is 10.8. The fraction of sp³-hybridized carbons (Fsp3) is 0.500. The number of aliphatic hydroxyl groups excluding tert-OH is 1. The van der Waals surface area contributed by atoms with Crippen LogP contribution in [0.15, 0.2) is 30.3 Å². The first-order valence-electron chi connectivity index (χ1n) is 6.06. The van der Waals surface area contributed by atoms with E-state index in [1.807, 2.05) is 30.3 Å². The summed E-state index contributed by atoms with van der Waals surface area (Å²) in [6.45, 7) is 3.84. The molecule has 0 amide bonds. The zero-order valence-electron chi connectivity index (χ0n) is 10.8. The van der Waals surface area contributed by atoms with E-state index < -0.39 is 6.10 Å². The molecule has 0 aliphatic rings. The van der Waals surface area contributed by atoms with E-state index in [1.165, 1.54) is 0 Å². The molecule has 0 aromatic heterocycles. The molecule has 0 bridgehead atoms. The summed E-state index contributed by atoms with van der Waals surface area (Å²) < 4.78 is 10.5. The molecule has 1 atom stereocenters. The Balaban J connectivity index is 2.32. The smallest absolute Gasteiger partial charge is 0.308 e. The van der Waals surface area contributed by atoms with E-state index in [4.69, 9.17) is 14.6 Å². The van der Waals surface area contributed by atoms with E-state index in [-0.39, 0.29) is 25.1 Å². The maximum absolute atomic E-state index is 11.3. The summed E-state index contributed by atoms with van der Waals surface area (Å²) in [6.07, 6.45) is -0.479. The normalized spacial score (nSPS) is 12.4. The summed E-state index contributed by atoms with van der Waals surface area (Å²) in [6, 6.07) is 9.65. The van der Waals surface area contributed by atoms with E-state index in [1.54, 1.807) is 13.8 Å². The van der Waals surface area contributed by atoms with Crippen molar-refractivity contribution in [1.29, 1.82) is 0 Å². The number of hydrogen-bond donors (Lipinski definition) is 1. The molecule has 0 aliphatic heterocycles. The Morgan fingerprint density at radius 3 is 2.50 bits per heavy atom. The number of benzene rings is 1. The molecule has 1 N–H and O–H groups in total. The molecule has 18 heavy (non-hydrogen) atoms. The third-order valence-corrected chi connectivity index (χ3v) is 2.42. The monoisotopic (exact) mass is 252 g/mol. The summed E-state index contributed by atoms with van der Waals surface area (Å²) in [7, 11) is 0. The van der Waals surface area contributed by atoms with Gasteiger partial charge in [-0.25, -0.2) is 0 Å². The molecule has 0 saturated carbocycles. The van der Waals surface area contributed by atoms with E-state index in [2.05, 4.69) is 0 Å². The molecular formula is C14H20O4. The second kappa shape index (κ2) is 7.84. The number of ether oxygens (including phenoxy) is 2. The summed E-state index contributed by atoms with van der Waals surface area (Å²) in [4.78, 5) is 11.3. The zero-order chi connectivity index (χ0) is 13.4. The summed E-state index contributed by atoms with van der Waals surface area (Å²) in [5, 5.41) is 9.14. The van der Waals surface area contributed by atoms with Crippen molar-refractivity contribution < 1.29 is 19.4 Å². The first kappa shape index (κ1) is 14.7. The average Bonchev–Trinajstić information content (AvgIpc) is 2.39. The van der Waals surface area contributed by atoms with Crippen LogP contribution in [0, 0.1) is 5.92 Å². The average molecular weight is 252 g/mol. The van der Waals surface area contributed by atoms with Crippen LogP contribution in [0.2, 0.25) is 0 Å². The van der Waals surface area contributed by atoms with Crippen LogP contribution in [0.4, 0.5) is 0 Å². The van der Waals surface area contributed by atoms with Crippen molar-refractivity contribution in [2.24, 2.45) is 5.92 Å². The molecule has 1 aromatic rings. The molecule has 0 unspecified atom stereocenters. The summed E-state index contributed by atoms with van der Waals surface area (Å²) >= 11 is 0. The quantitative estimate of drug-likeness (QED) is 0.751. The van der Waals surface area contributed by atoms with Gasteiger partial charge >= 0.3 is 5.97 Å². The topological polar surface area (TPSA) is 55.8 Å². The highest BCUT2D eigenvalue weighted by Crippen LogP contribution is 2.05. The van der Waals surface area contributed by atoms with Gasteiger partial charge in [-0.2, -0.15) is 0 Å². The minimum absolute atomic E-state index is 0.0837. The molecule has 0 fully saturated rings. The van der Waals surface area contributed by atoms with Gasteiger partial charge in [0.1, 0.15) is 12.7 Å². The predicted molar refractivity (Wildman–Crippen MR) is 67.9 cm³/mol. The Hall–Kier alpha value is -1.39. The van der Waals surface area contributed by atoms with Gasteiger partial charge in [-0.1, -0.05) is 44.2 Å². The highest BCUT2D eigenvalue weighted by atomic mass is 16.6. The minimum atomic E-state index is -0.479. The molecule has 0 spiro atoms. The van der Waals surface area contributed by atoms with Crippen LogP contribution in [-0.2, 0) is 20.9 Å². The van der Waals surface area contributed by atoms with Gasteiger partial charge in [0, 0.05) is 0 Å². The van der Waals surface area contributed by atoms with Gasteiger partial charge in [0.05, 0.1) is 19.1 Å². The van der Waals surface area contributed by atoms with E-state index in [9.17, 15) is 4.79 Å². The molecule has 4 nitrogen and oxygen atoms in total. The lowest BCUT2D eigenvalue weighted by Crippen LogP contribution is -2.27. The van der Waals surface area contributed by atoms with E-state index >= 15 is 0 Å². The van der Waals surface area contributed by atoms with Crippen LogP contribution in [-0.4, -0.2) is 30.4 Å². The third-order valence-electron chi connectivity index (χ3n) is 2.42. The second-order valence-electron chi connectivity index (χ2n) is 4.39. The number of rotatable bonds is 7. The molecule has 0 heterocycles. The largest absolute Gasteiger partial charge is 0.463 e. The van der Waals surface area contributed by atoms with Gasteiger partial charge in [0.25, 0.3) is 0 Å². The van der Waals surface area contributed by atoms with Crippen LogP contribution in [0.1, 0.15) is 19.4 Å². The fourth-order valence-corrected chi connectivity index (χ4v) is 1.28. The van der Waals surface area contributed by atoms with Crippen molar-refractivity contribution in [2.45, 2.75) is 26.6 Å². The Morgan fingerprint density at radius 1 is 1.28 bits per heavy atom. The van der Waals surface area contributed by atoms with Crippen LogP contribution in [0.3, 0.4) is 0 Å². The Morgan fingerprint density at radius 2 is 1.94 bits per heavy atom. The second-order valence-corrected chi connectivity index (χ2v) is 4.39. The maximum atomic E-state index is 11.3. The van der Waals surface area contributed by atoms with Crippen molar-refractivity contribution in [3.63, 3.8) is 0 Å². The van der Waals surface area contributed by atoms with Gasteiger partial charge in [-0.15, -0.1) is 0 Å². The maximum Gasteiger partial charge on any atom is 0.308 e. The predicted octanol–water partition coefficient (Wildman–Crippen LogP) is 1.76. The lowest BCUT2D eigenvalue weighted by molar-refractivity contribution is -0.153. The first-order valence-corrected chi connectivity index (χ1v) is 6.06. The fourth-order valence-electron chi connectivity index (χ4n) is 1.28. The van der Waals surface area contributed by atoms with Crippen molar-refractivity contribution >= 4 is 5.97 Å². The molecular weight excluding hydrogens is 232 g/mol. The van der Waals surface area contributed by atoms with Crippen molar-refractivity contribution in [3.8, 4) is 0 Å². The molecule has 0 radical (unpaired) electrons. The number of carbonyl (C=O) groups is 1. The minimum Gasteiger partial charge on any atom is -0.463 e. The summed E-state index contributed by atoms with van der Waals surface area (Å²) in [5.41, 5.74) is 1.02. The van der Waals surface area contributed by atoms with Gasteiger partial charge in [0.2, 0.25) is 0 Å². The molecule has 4 heteroatoms. The molecule has 100 valence electrons. The van der Waals surface area contributed by atoms with Crippen LogP contribution in [0.25, 0.3) is 0 Å². The molecule has 1 rings (SSSR count). The van der Waals surface area contributed by atoms with Gasteiger partial charge < -0.3 is 14.6 Å². The third kappa shape index (κ3) is 5.29. The first-order chi connectivity index (χ1) is 8.63. The Bertz CT molecular complexity index is 348. The van der Waals surface area contributed by atoms with E-state index in [0.29, 0.717) is 6.61 Å². The van der Waals surface area contributed by atoms with Gasteiger partial charge in [0.15, 0.2) is 0 Å². The van der Waals surface area contributed by atoms with Crippen LogP contribution >= 0.6 is 0 Å². The Labute approximate surface area is 108 Å². The molecule has 0 aliphatic carbocycles. The van der Waals surface area contributed by atoms with Crippen molar-refractivity contribution in [1.82, 2.24) is 0 Å². The summed E-state index contributed by atoms with van der Waals surface area (Å²) in [5.74, 6) is -0.449. The highest BCUT2D eigenvalue weighted by Gasteiger charge is 2.13. The van der Waals surface area contributed by atoms with E-state index in [0.717, 1.165) is 5.56 Å². The number of hydrogen-bond acceptors (Lipinski definition) is 4. The lowest BCUT2D eigenvalue weighted by Gasteiger charge is -2.16. The SMILES string of the molecule is CC(C)C(=O)OC[C@@H](CO)OCc1ccccc1. The number of esters is 1. The van der Waals surface area contributed by atoms with Crippen LogP contribution in [0.5, 0.6) is 0 Å². The van der Waals surface area contributed by atoms with Gasteiger partial charge in [-0.05, 0) is 5.56 Å². The van der Waals surface area contributed by atoms with Gasteiger partial charge in [-0.3, -0.25) is 4.79 Å². The highest BCUT2D eigenvalue weighted by molar-refractivity contribution is 5.71. The van der Waals surface area contributed by atoms with Crippen molar-refractivity contribution in [2.75, 3.05) is 13.2 Å². The number of aliphatic hydroxyl groups is 1. The Kier molecular flexibility index (Phi) is 6.39. The standard InChI is InChI=1S/C14H20O4/c1-11(2)14(16)18-10-13(8-15)17-9-12-6-4-3-5-7-12/h3-7,11,13,15H,8-10H2,1-2H3/t13-/m1/s1. The molecule has 0 saturated heterocycles.